The molecule has 0 aromatic heterocycles. The molecule has 1 rings (SSSR count). The second kappa shape index (κ2) is 10.2. The summed E-state index contributed by atoms with van der Waals surface area (Å²) in [7, 11) is -1.38. The van der Waals surface area contributed by atoms with E-state index in [4.69, 9.17) is 23.7 Å². The first-order valence-electron chi connectivity index (χ1n) is 8.83. The summed E-state index contributed by atoms with van der Waals surface area (Å²) in [5.74, 6) is -1.84. The summed E-state index contributed by atoms with van der Waals surface area (Å²) < 4.78 is 26.7. The molecule has 10 heteroatoms. The predicted molar refractivity (Wildman–Crippen MR) is 96.5 cm³/mol. The maximum absolute atomic E-state index is 11.4. The van der Waals surface area contributed by atoms with Crippen molar-refractivity contribution in [3.05, 3.63) is 0 Å². The van der Waals surface area contributed by atoms with Crippen LogP contribution in [0.15, 0.2) is 0 Å². The first-order chi connectivity index (χ1) is 12.4. The van der Waals surface area contributed by atoms with E-state index in [9.17, 15) is 19.5 Å². The smallest absolute Gasteiger partial charge is 0.303 e. The molecule has 0 radical (unpaired) electrons. The Hall–Kier alpha value is -1.49. The number of carbonyl (C=O) groups is 3. The van der Waals surface area contributed by atoms with Crippen LogP contribution in [0.25, 0.3) is 0 Å². The Morgan fingerprint density at radius 1 is 0.963 bits per heavy atom. The molecule has 1 aliphatic rings. The van der Waals surface area contributed by atoms with Crippen molar-refractivity contribution in [2.75, 3.05) is 13.2 Å². The highest BCUT2D eigenvalue weighted by Gasteiger charge is 2.50. The Kier molecular flexibility index (Phi) is 8.86. The van der Waals surface area contributed by atoms with Gasteiger partial charge in [-0.15, -0.1) is 0 Å². The van der Waals surface area contributed by atoms with E-state index in [1.807, 2.05) is 0 Å². The Bertz CT molecular complexity index is 529. The molecule has 27 heavy (non-hydrogen) atoms. The number of hydrogen-bond donors (Lipinski definition) is 1. The largest absolute Gasteiger partial charge is 0.463 e. The molecule has 9 nitrogen and oxygen atoms in total. The fourth-order valence-corrected chi connectivity index (χ4v) is 3.23. The van der Waals surface area contributed by atoms with Crippen molar-refractivity contribution in [3.63, 3.8) is 0 Å². The van der Waals surface area contributed by atoms with Gasteiger partial charge >= 0.3 is 17.9 Å². The van der Waals surface area contributed by atoms with E-state index in [1.54, 1.807) is 0 Å². The molecule has 0 aromatic rings. The summed E-state index contributed by atoms with van der Waals surface area (Å²) in [4.78, 5) is 34.0. The van der Waals surface area contributed by atoms with Gasteiger partial charge in [-0.25, -0.2) is 0 Å². The standard InChI is InChI=1S/C17H30O9Si/c1-10(18)23-9-13-15(24-11(2)19)14(21)16(25-12(3)20)17(26-13)22-7-8-27(4,5)6/h13-17,21H,7-9H2,1-6H3. The monoisotopic (exact) mass is 406 g/mol. The van der Waals surface area contributed by atoms with Crippen LogP contribution in [0, 0.1) is 0 Å². The van der Waals surface area contributed by atoms with Gasteiger partial charge in [0.25, 0.3) is 0 Å². The Morgan fingerprint density at radius 2 is 1.52 bits per heavy atom. The molecule has 1 fully saturated rings. The van der Waals surface area contributed by atoms with Crippen molar-refractivity contribution in [2.24, 2.45) is 0 Å². The Balaban J connectivity index is 2.97. The van der Waals surface area contributed by atoms with Gasteiger partial charge < -0.3 is 28.8 Å². The van der Waals surface area contributed by atoms with E-state index in [2.05, 4.69) is 19.6 Å². The van der Waals surface area contributed by atoms with Crippen molar-refractivity contribution in [3.8, 4) is 0 Å². The predicted octanol–water partition coefficient (Wildman–Crippen LogP) is 0.853. The van der Waals surface area contributed by atoms with Crippen LogP contribution in [-0.2, 0) is 38.1 Å². The lowest BCUT2D eigenvalue weighted by atomic mass is 9.98. The summed E-state index contributed by atoms with van der Waals surface area (Å²) in [6, 6.07) is 0.831. The molecule has 0 aliphatic carbocycles. The zero-order valence-electron chi connectivity index (χ0n) is 16.7. The van der Waals surface area contributed by atoms with Crippen molar-refractivity contribution in [1.29, 1.82) is 0 Å². The van der Waals surface area contributed by atoms with E-state index < -0.39 is 56.7 Å². The average Bonchev–Trinajstić information content (AvgIpc) is 2.49. The van der Waals surface area contributed by atoms with Crippen LogP contribution in [0.2, 0.25) is 25.7 Å². The molecule has 1 heterocycles. The van der Waals surface area contributed by atoms with E-state index in [1.165, 1.54) is 20.8 Å². The summed E-state index contributed by atoms with van der Waals surface area (Å²) >= 11 is 0. The number of ether oxygens (including phenoxy) is 5. The number of hydrogen-bond acceptors (Lipinski definition) is 9. The van der Waals surface area contributed by atoms with Crippen LogP contribution in [0.4, 0.5) is 0 Å². The van der Waals surface area contributed by atoms with Crippen LogP contribution in [0.1, 0.15) is 20.8 Å². The lowest BCUT2D eigenvalue weighted by molar-refractivity contribution is -0.305. The van der Waals surface area contributed by atoms with E-state index >= 15 is 0 Å². The summed E-state index contributed by atoms with van der Waals surface area (Å²) in [6.07, 6.45) is -5.79. The number of rotatable bonds is 8. The molecule has 0 spiro atoms. The molecule has 5 atom stereocenters. The third kappa shape index (κ3) is 8.37. The van der Waals surface area contributed by atoms with Crippen LogP contribution in [0.5, 0.6) is 0 Å². The first-order valence-corrected chi connectivity index (χ1v) is 12.5. The maximum atomic E-state index is 11.4. The molecule has 5 unspecified atom stereocenters. The number of esters is 3. The van der Waals surface area contributed by atoms with Gasteiger partial charge in [-0.1, -0.05) is 19.6 Å². The fourth-order valence-electron chi connectivity index (χ4n) is 2.50. The van der Waals surface area contributed by atoms with Gasteiger partial charge in [0.1, 0.15) is 18.8 Å². The number of carbonyl (C=O) groups excluding carboxylic acids is 3. The lowest BCUT2D eigenvalue weighted by Gasteiger charge is -2.42. The molecule has 156 valence electrons. The normalized spacial score (nSPS) is 28.3. The molecule has 0 aromatic carbocycles. The molecule has 0 amide bonds. The third-order valence-electron chi connectivity index (χ3n) is 3.81. The van der Waals surface area contributed by atoms with Gasteiger partial charge in [-0.3, -0.25) is 14.4 Å². The molecule has 0 saturated carbocycles. The molecule has 1 aliphatic heterocycles. The average molecular weight is 407 g/mol. The highest BCUT2D eigenvalue weighted by atomic mass is 28.3. The Labute approximate surface area is 160 Å². The van der Waals surface area contributed by atoms with Crippen LogP contribution in [0.3, 0.4) is 0 Å². The summed E-state index contributed by atoms with van der Waals surface area (Å²) in [6.45, 7) is 10.2. The second-order valence-electron chi connectivity index (χ2n) is 7.67. The fraction of sp³-hybridized carbons (Fsp3) is 0.824. The minimum atomic E-state index is -1.40. The zero-order chi connectivity index (χ0) is 20.8. The Morgan fingerprint density at radius 3 is 2.00 bits per heavy atom. The van der Waals surface area contributed by atoms with Crippen LogP contribution < -0.4 is 0 Å². The lowest BCUT2D eigenvalue weighted by Crippen LogP contribution is -2.61. The van der Waals surface area contributed by atoms with Crippen molar-refractivity contribution < 1.29 is 43.2 Å². The SMILES string of the molecule is CC(=O)OCC1OC(OCC[Si](C)(C)C)C(OC(C)=O)C(O)C1OC(C)=O. The first kappa shape index (κ1) is 23.5. The van der Waals surface area contributed by atoms with Crippen molar-refractivity contribution in [1.82, 2.24) is 0 Å². The quantitative estimate of drug-likeness (QED) is 0.355. The van der Waals surface area contributed by atoms with Gasteiger partial charge in [0.2, 0.25) is 0 Å². The minimum Gasteiger partial charge on any atom is -0.463 e. The molecular weight excluding hydrogens is 376 g/mol. The van der Waals surface area contributed by atoms with E-state index in [0.717, 1.165) is 6.04 Å². The van der Waals surface area contributed by atoms with E-state index in [-0.39, 0.29) is 6.61 Å². The van der Waals surface area contributed by atoms with Gasteiger partial charge in [0, 0.05) is 35.5 Å². The zero-order valence-corrected chi connectivity index (χ0v) is 17.7. The van der Waals surface area contributed by atoms with Gasteiger partial charge in [-0.2, -0.15) is 0 Å². The topological polar surface area (TPSA) is 118 Å². The van der Waals surface area contributed by atoms with Crippen molar-refractivity contribution >= 4 is 26.0 Å². The highest BCUT2D eigenvalue weighted by molar-refractivity contribution is 6.76. The van der Waals surface area contributed by atoms with Gasteiger partial charge in [0.05, 0.1) is 0 Å². The molecular formula is C17H30O9Si. The maximum Gasteiger partial charge on any atom is 0.303 e. The molecule has 1 saturated heterocycles. The molecule has 0 bridgehead atoms. The van der Waals surface area contributed by atoms with Crippen LogP contribution in [-0.4, -0.2) is 75.0 Å². The van der Waals surface area contributed by atoms with E-state index in [0.29, 0.717) is 6.61 Å². The van der Waals surface area contributed by atoms with Gasteiger partial charge in [0.15, 0.2) is 18.5 Å². The summed E-state index contributed by atoms with van der Waals surface area (Å²) in [5, 5.41) is 10.6. The minimum absolute atomic E-state index is 0.245. The summed E-state index contributed by atoms with van der Waals surface area (Å²) in [5.41, 5.74) is 0. The third-order valence-corrected chi connectivity index (χ3v) is 5.51. The number of aliphatic hydroxyl groups excluding tert-OH is 1. The van der Waals surface area contributed by atoms with Crippen LogP contribution >= 0.6 is 0 Å². The van der Waals surface area contributed by atoms with Gasteiger partial charge in [-0.05, 0) is 6.04 Å². The molecule has 1 N–H and O–H groups in total. The number of aliphatic hydroxyl groups is 1. The van der Waals surface area contributed by atoms with Crippen molar-refractivity contribution in [2.45, 2.75) is 77.2 Å². The highest BCUT2D eigenvalue weighted by Crippen LogP contribution is 2.28. The second-order valence-corrected chi connectivity index (χ2v) is 13.3.